The van der Waals surface area contributed by atoms with Gasteiger partial charge in [0.2, 0.25) is 5.88 Å². The van der Waals surface area contributed by atoms with E-state index in [2.05, 4.69) is 26.5 Å². The molecule has 0 spiro atoms. The van der Waals surface area contributed by atoms with E-state index in [4.69, 9.17) is 14.5 Å². The van der Waals surface area contributed by atoms with Crippen LogP contribution in [0, 0.1) is 18.3 Å². The quantitative estimate of drug-likeness (QED) is 0.380. The number of H-pyrrole nitrogens is 1. The lowest BCUT2D eigenvalue weighted by atomic mass is 10.1. The number of alkyl halides is 2. The van der Waals surface area contributed by atoms with Crippen LogP contribution in [-0.2, 0) is 0 Å². The molecule has 0 saturated carbocycles. The van der Waals surface area contributed by atoms with Crippen molar-refractivity contribution in [1.29, 1.82) is 5.26 Å². The molecule has 2 aliphatic rings. The van der Waals surface area contributed by atoms with Crippen LogP contribution in [0.25, 0.3) is 21.8 Å². The maximum atomic E-state index is 14.0. The van der Waals surface area contributed by atoms with Crippen molar-refractivity contribution in [2.24, 2.45) is 0 Å². The zero-order valence-corrected chi connectivity index (χ0v) is 21.8. The third-order valence-corrected chi connectivity index (χ3v) is 7.50. The SMILES string of the molecule is Cc1ccc2[nH]ncc2c1Oc1cccc2c(N3CCNCC3)c(C#N)c(OCC3CC(F)(F)CN3C)nc12. The second kappa shape index (κ2) is 9.94. The fourth-order valence-corrected chi connectivity index (χ4v) is 5.49. The van der Waals surface area contributed by atoms with Crippen LogP contribution in [0.1, 0.15) is 17.5 Å². The number of rotatable bonds is 6. The first-order valence-electron chi connectivity index (χ1n) is 13.0. The minimum atomic E-state index is -2.77. The molecule has 4 aromatic rings. The Balaban J connectivity index is 1.46. The van der Waals surface area contributed by atoms with Crippen LogP contribution >= 0.6 is 0 Å². The third-order valence-electron chi connectivity index (χ3n) is 7.50. The van der Waals surface area contributed by atoms with Crippen molar-refractivity contribution in [1.82, 2.24) is 25.4 Å². The number of pyridine rings is 1. The van der Waals surface area contributed by atoms with Gasteiger partial charge in [-0.1, -0.05) is 18.2 Å². The molecule has 0 amide bonds. The fourth-order valence-electron chi connectivity index (χ4n) is 5.49. The summed E-state index contributed by atoms with van der Waals surface area (Å²) < 4.78 is 40.6. The van der Waals surface area contributed by atoms with Gasteiger partial charge in [-0.3, -0.25) is 10.00 Å². The predicted molar refractivity (Wildman–Crippen MR) is 144 cm³/mol. The van der Waals surface area contributed by atoms with Gasteiger partial charge in [0, 0.05) is 44.0 Å². The van der Waals surface area contributed by atoms with Crippen molar-refractivity contribution in [2.45, 2.75) is 25.3 Å². The number of nitrogens with one attached hydrogen (secondary N) is 2. The highest BCUT2D eigenvalue weighted by Gasteiger charge is 2.43. The van der Waals surface area contributed by atoms with Crippen molar-refractivity contribution in [3.05, 3.63) is 47.7 Å². The Bertz CT molecular complexity index is 1580. The van der Waals surface area contributed by atoms with Crippen LogP contribution in [0.2, 0.25) is 0 Å². The molecule has 9 nitrogen and oxygen atoms in total. The lowest BCUT2D eigenvalue weighted by Crippen LogP contribution is -2.44. The standard InChI is InChI=1S/C28H29F2N7O2/c1-17-6-7-22-21(14-33-35-22)26(17)39-23-5-3-4-19-24(23)34-27(38-15-18-12-28(29,30)16-36(18)2)20(13-31)25(19)37-10-8-32-9-11-37/h3-7,14,18,32H,8-12,15-16H2,1-2H3,(H,33,35). The first-order chi connectivity index (χ1) is 18.8. The van der Waals surface area contributed by atoms with Gasteiger partial charge >= 0.3 is 0 Å². The van der Waals surface area contributed by atoms with Crippen LogP contribution in [0.4, 0.5) is 14.5 Å². The van der Waals surface area contributed by atoms with Crippen molar-refractivity contribution in [3.8, 4) is 23.4 Å². The summed E-state index contributed by atoms with van der Waals surface area (Å²) in [5, 5.41) is 22.3. The molecule has 6 rings (SSSR count). The molecule has 0 aliphatic carbocycles. The molecular formula is C28H29F2N7O2. The van der Waals surface area contributed by atoms with E-state index in [1.54, 1.807) is 18.1 Å². The zero-order valence-electron chi connectivity index (χ0n) is 21.8. The Morgan fingerprint density at radius 2 is 2.00 bits per heavy atom. The number of para-hydroxylation sites is 1. The molecular weight excluding hydrogens is 504 g/mol. The van der Waals surface area contributed by atoms with E-state index in [0.29, 0.717) is 41.4 Å². The minimum Gasteiger partial charge on any atom is -0.475 e. The van der Waals surface area contributed by atoms with Gasteiger partial charge < -0.3 is 19.7 Å². The summed E-state index contributed by atoms with van der Waals surface area (Å²) in [5.41, 5.74) is 3.32. The molecule has 0 bridgehead atoms. The first-order valence-corrected chi connectivity index (χ1v) is 13.0. The fraction of sp³-hybridized carbons (Fsp3) is 0.393. The van der Waals surface area contributed by atoms with Gasteiger partial charge in [0.25, 0.3) is 5.92 Å². The molecule has 2 N–H and O–H groups in total. The summed E-state index contributed by atoms with van der Waals surface area (Å²) >= 11 is 0. The van der Waals surface area contributed by atoms with Crippen LogP contribution in [0.3, 0.4) is 0 Å². The zero-order chi connectivity index (χ0) is 27.1. The molecule has 1 unspecified atom stereocenters. The van der Waals surface area contributed by atoms with Gasteiger partial charge in [-0.25, -0.2) is 13.8 Å². The Labute approximate surface area is 224 Å². The van der Waals surface area contributed by atoms with Gasteiger partial charge in [0.15, 0.2) is 5.75 Å². The number of nitriles is 1. The molecule has 202 valence electrons. The van der Waals surface area contributed by atoms with E-state index in [9.17, 15) is 14.0 Å². The van der Waals surface area contributed by atoms with E-state index in [1.165, 1.54) is 0 Å². The second-order valence-corrected chi connectivity index (χ2v) is 10.2. The maximum Gasteiger partial charge on any atom is 0.262 e. The van der Waals surface area contributed by atoms with Gasteiger partial charge in [0.1, 0.15) is 29.5 Å². The average Bonchev–Trinajstić information content (AvgIpc) is 3.51. The smallest absolute Gasteiger partial charge is 0.262 e. The number of ether oxygens (including phenoxy) is 2. The monoisotopic (exact) mass is 533 g/mol. The molecule has 2 aromatic heterocycles. The highest BCUT2D eigenvalue weighted by molar-refractivity contribution is 5.99. The highest BCUT2D eigenvalue weighted by atomic mass is 19.3. The number of nitrogens with zero attached hydrogens (tertiary/aromatic N) is 5. The lowest BCUT2D eigenvalue weighted by molar-refractivity contribution is 0.0137. The second-order valence-electron chi connectivity index (χ2n) is 10.2. The topological polar surface area (TPSA) is 102 Å². The molecule has 4 heterocycles. The number of hydrogen-bond acceptors (Lipinski definition) is 8. The number of piperazine rings is 1. The van der Waals surface area contributed by atoms with E-state index in [0.717, 1.165) is 34.9 Å². The van der Waals surface area contributed by atoms with Crippen LogP contribution < -0.4 is 19.7 Å². The number of halogens is 2. The highest BCUT2D eigenvalue weighted by Crippen LogP contribution is 2.42. The van der Waals surface area contributed by atoms with Crippen molar-refractivity contribution < 1.29 is 18.3 Å². The molecule has 0 radical (unpaired) electrons. The van der Waals surface area contributed by atoms with Gasteiger partial charge in [0.05, 0.1) is 29.3 Å². The Morgan fingerprint density at radius 3 is 2.74 bits per heavy atom. The summed E-state index contributed by atoms with van der Waals surface area (Å²) in [5.74, 6) is -1.49. The number of anilines is 1. The number of likely N-dealkylation sites (tertiary alicyclic amines) is 1. The van der Waals surface area contributed by atoms with Gasteiger partial charge in [-0.15, -0.1) is 0 Å². The Kier molecular flexibility index (Phi) is 6.45. The van der Waals surface area contributed by atoms with E-state index >= 15 is 0 Å². The van der Waals surface area contributed by atoms with Crippen molar-refractivity contribution in [2.75, 3.05) is 51.3 Å². The summed E-state index contributed by atoms with van der Waals surface area (Å²) in [7, 11) is 1.66. The number of aromatic nitrogens is 3. The Morgan fingerprint density at radius 1 is 1.18 bits per heavy atom. The third kappa shape index (κ3) is 4.70. The van der Waals surface area contributed by atoms with Crippen LogP contribution in [0.5, 0.6) is 17.4 Å². The number of benzene rings is 2. The van der Waals surface area contributed by atoms with E-state index < -0.39 is 12.0 Å². The number of aromatic amines is 1. The lowest BCUT2D eigenvalue weighted by Gasteiger charge is -2.31. The molecule has 1 atom stereocenters. The molecule has 39 heavy (non-hydrogen) atoms. The molecule has 11 heteroatoms. The van der Waals surface area contributed by atoms with Crippen molar-refractivity contribution in [3.63, 3.8) is 0 Å². The van der Waals surface area contributed by atoms with E-state index in [-0.39, 0.29) is 25.5 Å². The van der Waals surface area contributed by atoms with Crippen LogP contribution in [0.15, 0.2) is 36.5 Å². The van der Waals surface area contributed by atoms with E-state index in [1.807, 2.05) is 37.3 Å². The maximum absolute atomic E-state index is 14.0. The first kappa shape index (κ1) is 25.3. The average molecular weight is 534 g/mol. The predicted octanol–water partition coefficient (Wildman–Crippen LogP) is 4.21. The number of fused-ring (bicyclic) bond motifs is 2. The summed E-state index contributed by atoms with van der Waals surface area (Å²) in [4.78, 5) is 8.51. The van der Waals surface area contributed by atoms with Crippen LogP contribution in [-0.4, -0.2) is 78.4 Å². The minimum absolute atomic E-state index is 0.00324. The van der Waals surface area contributed by atoms with Gasteiger partial charge in [-0.05, 0) is 31.7 Å². The Hall–Kier alpha value is -4.01. The number of aryl methyl sites for hydroxylation is 1. The number of likely N-dealkylation sites (N-methyl/N-ethyl adjacent to an activating group) is 1. The normalized spacial score (nSPS) is 19.5. The van der Waals surface area contributed by atoms with Gasteiger partial charge in [-0.2, -0.15) is 10.4 Å². The molecule has 2 aromatic carbocycles. The molecule has 2 aliphatic heterocycles. The molecule has 2 fully saturated rings. The number of hydrogen-bond donors (Lipinski definition) is 2. The summed E-state index contributed by atoms with van der Waals surface area (Å²) in [6.07, 6.45) is 1.42. The summed E-state index contributed by atoms with van der Waals surface area (Å²) in [6.45, 7) is 4.57. The largest absolute Gasteiger partial charge is 0.475 e. The van der Waals surface area contributed by atoms with Crippen molar-refractivity contribution >= 4 is 27.5 Å². The molecule has 2 saturated heterocycles. The summed E-state index contributed by atoms with van der Waals surface area (Å²) in [6, 6.07) is 11.3.